The topological polar surface area (TPSA) is 67.7 Å². The lowest BCUT2D eigenvalue weighted by Crippen LogP contribution is -2.38. The summed E-state index contributed by atoms with van der Waals surface area (Å²) in [6.45, 7) is -0.431. The van der Waals surface area contributed by atoms with Gasteiger partial charge in [-0.25, -0.2) is 4.98 Å². The van der Waals surface area contributed by atoms with E-state index in [2.05, 4.69) is 4.98 Å². The molecule has 0 amide bonds. The second-order valence-electron chi connectivity index (χ2n) is 3.94. The molecule has 1 aromatic heterocycles. The van der Waals surface area contributed by atoms with Crippen LogP contribution in [0.5, 0.6) is 0 Å². The maximum atomic E-state index is 12.7. The average molecular weight is 256 g/mol. The van der Waals surface area contributed by atoms with Crippen LogP contribution in [0.3, 0.4) is 0 Å². The van der Waals surface area contributed by atoms with Gasteiger partial charge >= 0.3 is 6.18 Å². The number of nitrogens with zero attached hydrogens (tertiary/aromatic N) is 2. The molecule has 1 atom stereocenters. The van der Waals surface area contributed by atoms with Crippen molar-refractivity contribution >= 4 is 16.9 Å². The van der Waals surface area contributed by atoms with E-state index < -0.39 is 24.5 Å². The molecule has 2 rings (SSSR count). The number of nitrogens with two attached hydrogens (primary N) is 1. The first-order chi connectivity index (χ1) is 8.39. The van der Waals surface area contributed by atoms with E-state index in [1.807, 2.05) is 0 Å². The average Bonchev–Trinajstić information content (AvgIpc) is 2.67. The minimum Gasteiger partial charge on any atom is -0.387 e. The monoisotopic (exact) mass is 256 g/mol. The van der Waals surface area contributed by atoms with E-state index in [1.165, 1.54) is 10.9 Å². The first-order valence-electron chi connectivity index (χ1n) is 5.20. The van der Waals surface area contributed by atoms with Crippen LogP contribution in [0.4, 0.5) is 13.2 Å². The summed E-state index contributed by atoms with van der Waals surface area (Å²) in [6, 6.07) is 6.86. The number of benzene rings is 1. The number of rotatable bonds is 3. The van der Waals surface area contributed by atoms with Crippen LogP contribution in [0, 0.1) is 11.3 Å². The summed E-state index contributed by atoms with van der Waals surface area (Å²) in [6.07, 6.45) is -3.20. The minimum atomic E-state index is -4.53. The summed E-state index contributed by atoms with van der Waals surface area (Å²) in [7, 11) is 0. The van der Waals surface area contributed by atoms with Gasteiger partial charge in [0.2, 0.25) is 0 Å². The summed E-state index contributed by atoms with van der Waals surface area (Å²) in [5.74, 6) is -2.88. The van der Waals surface area contributed by atoms with Crippen LogP contribution in [0.15, 0.2) is 30.6 Å². The number of fused-ring (bicyclic) bond motifs is 1. The van der Waals surface area contributed by atoms with E-state index in [9.17, 15) is 13.2 Å². The third-order valence-electron chi connectivity index (χ3n) is 2.68. The fourth-order valence-electron chi connectivity index (χ4n) is 1.73. The molecule has 0 spiro atoms. The number of imidazole rings is 1. The van der Waals surface area contributed by atoms with Crippen LogP contribution < -0.4 is 5.73 Å². The quantitative estimate of drug-likeness (QED) is 0.652. The van der Waals surface area contributed by atoms with E-state index in [4.69, 9.17) is 11.1 Å². The highest BCUT2D eigenvalue weighted by Gasteiger charge is 2.42. The lowest BCUT2D eigenvalue weighted by Gasteiger charge is -2.19. The summed E-state index contributed by atoms with van der Waals surface area (Å²) in [5, 5.41) is 7.04. The molecule has 0 bridgehead atoms. The SMILES string of the molecule is N=C(N)C(Cn1cnc2ccccc21)C(F)(F)F. The number of amidine groups is 1. The molecule has 0 aliphatic rings. The Morgan fingerprint density at radius 1 is 1.39 bits per heavy atom. The lowest BCUT2D eigenvalue weighted by atomic mass is 10.1. The van der Waals surface area contributed by atoms with Crippen LogP contribution in [0.1, 0.15) is 0 Å². The molecule has 0 aliphatic heterocycles. The Labute approximate surface area is 101 Å². The Morgan fingerprint density at radius 3 is 2.67 bits per heavy atom. The van der Waals surface area contributed by atoms with Crippen LogP contribution >= 0.6 is 0 Å². The predicted molar refractivity (Wildman–Crippen MR) is 61.2 cm³/mol. The second kappa shape index (κ2) is 4.32. The van der Waals surface area contributed by atoms with Crippen LogP contribution in [-0.4, -0.2) is 21.6 Å². The summed E-state index contributed by atoms with van der Waals surface area (Å²) >= 11 is 0. The van der Waals surface area contributed by atoms with Gasteiger partial charge in [-0.05, 0) is 12.1 Å². The van der Waals surface area contributed by atoms with Crippen LogP contribution in [-0.2, 0) is 6.54 Å². The second-order valence-corrected chi connectivity index (χ2v) is 3.94. The van der Waals surface area contributed by atoms with Crippen molar-refractivity contribution in [2.75, 3.05) is 0 Å². The van der Waals surface area contributed by atoms with Gasteiger partial charge in [0.25, 0.3) is 0 Å². The van der Waals surface area contributed by atoms with Crippen molar-refractivity contribution in [2.45, 2.75) is 12.7 Å². The van der Waals surface area contributed by atoms with E-state index in [1.54, 1.807) is 24.3 Å². The first kappa shape index (κ1) is 12.4. The molecule has 1 aromatic carbocycles. The number of aromatic nitrogens is 2. The van der Waals surface area contributed by atoms with Gasteiger partial charge in [0, 0.05) is 6.54 Å². The molecule has 0 saturated heterocycles. The van der Waals surface area contributed by atoms with Crippen molar-refractivity contribution in [1.82, 2.24) is 9.55 Å². The number of nitrogens with one attached hydrogen (secondary N) is 1. The third-order valence-corrected chi connectivity index (χ3v) is 2.68. The molecule has 1 heterocycles. The van der Waals surface area contributed by atoms with Gasteiger partial charge in [-0.1, -0.05) is 12.1 Å². The standard InChI is InChI=1S/C11H11F3N4/c12-11(13,14)7(10(15)16)5-18-6-17-8-3-1-2-4-9(8)18/h1-4,6-7H,5H2,(H3,15,16). The Kier molecular flexibility index (Phi) is 2.98. The van der Waals surface area contributed by atoms with Crippen molar-refractivity contribution in [1.29, 1.82) is 5.41 Å². The summed E-state index contributed by atoms with van der Waals surface area (Å²) in [4.78, 5) is 4.00. The molecule has 0 saturated carbocycles. The molecule has 1 unspecified atom stereocenters. The van der Waals surface area contributed by atoms with Crippen LogP contribution in [0.2, 0.25) is 0 Å². The zero-order valence-corrected chi connectivity index (χ0v) is 9.28. The summed E-state index contributed by atoms with van der Waals surface area (Å²) < 4.78 is 39.5. The van der Waals surface area contributed by atoms with Gasteiger partial charge in [-0.15, -0.1) is 0 Å². The van der Waals surface area contributed by atoms with E-state index in [-0.39, 0.29) is 0 Å². The normalized spacial score (nSPS) is 13.7. The van der Waals surface area contributed by atoms with Crippen molar-refractivity contribution in [2.24, 2.45) is 11.7 Å². The number of halogens is 3. The number of hydrogen-bond acceptors (Lipinski definition) is 2. The van der Waals surface area contributed by atoms with Gasteiger partial charge in [0.1, 0.15) is 11.8 Å². The number of hydrogen-bond donors (Lipinski definition) is 2. The van der Waals surface area contributed by atoms with Crippen molar-refractivity contribution in [3.05, 3.63) is 30.6 Å². The zero-order chi connectivity index (χ0) is 13.3. The Balaban J connectivity index is 2.35. The highest BCUT2D eigenvalue weighted by atomic mass is 19.4. The molecule has 0 aliphatic carbocycles. The molecule has 3 N–H and O–H groups in total. The molecule has 2 aromatic rings. The fraction of sp³-hybridized carbons (Fsp3) is 0.273. The van der Waals surface area contributed by atoms with Gasteiger partial charge in [-0.3, -0.25) is 5.41 Å². The van der Waals surface area contributed by atoms with Crippen LogP contribution in [0.25, 0.3) is 11.0 Å². The fourth-order valence-corrected chi connectivity index (χ4v) is 1.73. The van der Waals surface area contributed by atoms with E-state index >= 15 is 0 Å². The molecular formula is C11H11F3N4. The Morgan fingerprint density at radius 2 is 2.06 bits per heavy atom. The van der Waals surface area contributed by atoms with Gasteiger partial charge in [0.05, 0.1) is 17.4 Å². The maximum absolute atomic E-state index is 12.7. The minimum absolute atomic E-state index is 0.431. The van der Waals surface area contributed by atoms with Gasteiger partial charge < -0.3 is 10.3 Å². The van der Waals surface area contributed by atoms with E-state index in [0.717, 1.165) is 0 Å². The molecule has 7 heteroatoms. The lowest BCUT2D eigenvalue weighted by molar-refractivity contribution is -0.158. The first-order valence-corrected chi connectivity index (χ1v) is 5.20. The van der Waals surface area contributed by atoms with Crippen molar-refractivity contribution in [3.63, 3.8) is 0 Å². The third kappa shape index (κ3) is 2.29. The number of alkyl halides is 3. The van der Waals surface area contributed by atoms with E-state index in [0.29, 0.717) is 11.0 Å². The van der Waals surface area contributed by atoms with Gasteiger partial charge in [-0.2, -0.15) is 13.2 Å². The summed E-state index contributed by atoms with van der Waals surface area (Å²) in [5.41, 5.74) is 6.22. The number of para-hydroxylation sites is 2. The highest BCUT2D eigenvalue weighted by Crippen LogP contribution is 2.28. The molecule has 0 fully saturated rings. The highest BCUT2D eigenvalue weighted by molar-refractivity contribution is 5.81. The smallest absolute Gasteiger partial charge is 0.387 e. The predicted octanol–water partition coefficient (Wildman–Crippen LogP) is 2.15. The zero-order valence-electron chi connectivity index (χ0n) is 9.28. The van der Waals surface area contributed by atoms with Crippen molar-refractivity contribution in [3.8, 4) is 0 Å². The maximum Gasteiger partial charge on any atom is 0.400 e. The molecule has 4 nitrogen and oxygen atoms in total. The largest absolute Gasteiger partial charge is 0.400 e. The van der Waals surface area contributed by atoms with Crippen molar-refractivity contribution < 1.29 is 13.2 Å². The Hall–Kier alpha value is -2.05. The van der Waals surface area contributed by atoms with Gasteiger partial charge in [0.15, 0.2) is 0 Å². The Bertz CT molecular complexity index is 573. The molecule has 0 radical (unpaired) electrons. The molecule has 18 heavy (non-hydrogen) atoms. The molecular weight excluding hydrogens is 245 g/mol. The molecule has 96 valence electrons.